The van der Waals surface area contributed by atoms with E-state index in [0.29, 0.717) is 13.0 Å². The van der Waals surface area contributed by atoms with Crippen LogP contribution in [-0.4, -0.2) is 22.5 Å². The Labute approximate surface area is 121 Å². The summed E-state index contributed by atoms with van der Waals surface area (Å²) in [6.07, 6.45) is 3.93. The van der Waals surface area contributed by atoms with Crippen LogP contribution in [0.2, 0.25) is 0 Å². The number of aliphatic hydroxyl groups excluding tert-OH is 1. The van der Waals surface area contributed by atoms with Crippen molar-refractivity contribution < 1.29 is 9.90 Å². The fourth-order valence-corrected chi connectivity index (χ4v) is 2.72. The number of amides is 1. The van der Waals surface area contributed by atoms with Gasteiger partial charge in [-0.15, -0.1) is 0 Å². The summed E-state index contributed by atoms with van der Waals surface area (Å²) in [6.45, 7) is 5.61. The van der Waals surface area contributed by atoms with Crippen LogP contribution in [0, 0.1) is 0 Å². The summed E-state index contributed by atoms with van der Waals surface area (Å²) in [6, 6.07) is 6.20. The third kappa shape index (κ3) is 3.40. The number of carbonyl (C=O) groups is 1. The molecule has 1 aliphatic heterocycles. The molecule has 0 spiro atoms. The monoisotopic (exact) mass is 275 g/mol. The van der Waals surface area contributed by atoms with Crippen LogP contribution in [0.3, 0.4) is 0 Å². The zero-order valence-corrected chi connectivity index (χ0v) is 12.6. The highest BCUT2D eigenvalue weighted by Gasteiger charge is 2.21. The van der Waals surface area contributed by atoms with E-state index in [1.807, 2.05) is 17.9 Å². The molecule has 1 unspecified atom stereocenters. The van der Waals surface area contributed by atoms with E-state index < -0.39 is 6.10 Å². The van der Waals surface area contributed by atoms with E-state index in [4.69, 9.17) is 0 Å². The van der Waals surface area contributed by atoms with Crippen molar-refractivity contribution in [3.05, 3.63) is 34.9 Å². The molecule has 0 bridgehead atoms. The lowest BCUT2D eigenvalue weighted by Crippen LogP contribution is -2.35. The number of fused-ring (bicyclic) bond motifs is 1. The lowest BCUT2D eigenvalue weighted by atomic mass is 9.95. The summed E-state index contributed by atoms with van der Waals surface area (Å²) in [5.74, 6) is 0.263. The number of benzene rings is 1. The van der Waals surface area contributed by atoms with Gasteiger partial charge in [0.05, 0.1) is 6.10 Å². The number of rotatable bonds is 5. The summed E-state index contributed by atoms with van der Waals surface area (Å²) in [5, 5.41) is 9.94. The molecule has 110 valence electrons. The van der Waals surface area contributed by atoms with Crippen LogP contribution >= 0.6 is 0 Å². The van der Waals surface area contributed by atoms with Crippen LogP contribution < -0.4 is 0 Å². The molecule has 20 heavy (non-hydrogen) atoms. The molecule has 0 fully saturated rings. The lowest BCUT2D eigenvalue weighted by Gasteiger charge is -2.29. The summed E-state index contributed by atoms with van der Waals surface area (Å²) in [4.78, 5) is 14.1. The molecule has 0 saturated heterocycles. The third-order valence-electron chi connectivity index (χ3n) is 4.11. The fraction of sp³-hybridized carbons (Fsp3) is 0.588. The van der Waals surface area contributed by atoms with Crippen molar-refractivity contribution in [2.45, 2.75) is 58.6 Å². The van der Waals surface area contributed by atoms with Crippen molar-refractivity contribution in [1.29, 1.82) is 0 Å². The maximum atomic E-state index is 12.1. The number of nitrogens with zero attached hydrogens (tertiary/aromatic N) is 1. The fourth-order valence-electron chi connectivity index (χ4n) is 2.72. The van der Waals surface area contributed by atoms with Crippen LogP contribution in [-0.2, 0) is 17.8 Å². The first-order valence-corrected chi connectivity index (χ1v) is 7.73. The average Bonchev–Trinajstić information content (AvgIpc) is 2.50. The summed E-state index contributed by atoms with van der Waals surface area (Å²) >= 11 is 0. The normalized spacial score (nSPS) is 15.8. The van der Waals surface area contributed by atoms with Crippen LogP contribution in [0.25, 0.3) is 0 Å². The molecule has 3 heteroatoms. The Balaban J connectivity index is 2.09. The Kier molecular flexibility index (Phi) is 5.18. The molecule has 0 aliphatic carbocycles. The number of aliphatic hydroxyl groups is 1. The summed E-state index contributed by atoms with van der Waals surface area (Å²) in [5.41, 5.74) is 3.48. The van der Waals surface area contributed by atoms with E-state index in [0.717, 1.165) is 37.8 Å². The number of hydrogen-bond acceptors (Lipinski definition) is 2. The van der Waals surface area contributed by atoms with Gasteiger partial charge in [0.15, 0.2) is 0 Å². The number of carbonyl (C=O) groups excluding carboxylic acids is 1. The zero-order valence-electron chi connectivity index (χ0n) is 12.6. The Morgan fingerprint density at radius 1 is 1.35 bits per heavy atom. The van der Waals surface area contributed by atoms with E-state index in [2.05, 4.69) is 19.1 Å². The maximum Gasteiger partial charge on any atom is 0.222 e. The molecule has 1 amide bonds. The molecular formula is C17H25NO2. The predicted octanol–water partition coefficient (Wildman–Crippen LogP) is 3.20. The molecule has 0 aromatic heterocycles. The van der Waals surface area contributed by atoms with Crippen molar-refractivity contribution in [2.24, 2.45) is 0 Å². The van der Waals surface area contributed by atoms with Gasteiger partial charge in [0.1, 0.15) is 0 Å². The van der Waals surface area contributed by atoms with Gasteiger partial charge in [0.25, 0.3) is 0 Å². The molecule has 1 aromatic rings. The number of hydrogen-bond donors (Lipinski definition) is 1. The SMILES string of the molecule is CCCCC(=O)N1CCc2ccc(C(O)CC)cc2C1. The minimum atomic E-state index is -0.397. The standard InChI is InChI=1S/C17H25NO2/c1-3-5-6-17(20)18-10-9-13-7-8-14(16(19)4-2)11-15(13)12-18/h7-8,11,16,19H,3-6,9-10,12H2,1-2H3. The Morgan fingerprint density at radius 2 is 2.15 bits per heavy atom. The molecule has 1 heterocycles. The second-order valence-electron chi connectivity index (χ2n) is 5.62. The van der Waals surface area contributed by atoms with E-state index in [9.17, 15) is 9.90 Å². The quantitative estimate of drug-likeness (QED) is 0.896. The highest BCUT2D eigenvalue weighted by Crippen LogP contribution is 2.25. The largest absolute Gasteiger partial charge is 0.388 e. The first kappa shape index (κ1) is 15.0. The molecule has 1 N–H and O–H groups in total. The van der Waals surface area contributed by atoms with E-state index >= 15 is 0 Å². The van der Waals surface area contributed by atoms with Crippen molar-refractivity contribution in [3.8, 4) is 0 Å². The first-order valence-electron chi connectivity index (χ1n) is 7.73. The highest BCUT2D eigenvalue weighted by molar-refractivity contribution is 5.76. The van der Waals surface area contributed by atoms with Gasteiger partial charge < -0.3 is 10.0 Å². The van der Waals surface area contributed by atoms with Crippen LogP contribution in [0.4, 0.5) is 0 Å². The molecule has 1 aliphatic rings. The minimum Gasteiger partial charge on any atom is -0.388 e. The maximum absolute atomic E-state index is 12.1. The van der Waals surface area contributed by atoms with E-state index in [-0.39, 0.29) is 5.91 Å². The van der Waals surface area contributed by atoms with Gasteiger partial charge in [-0.25, -0.2) is 0 Å². The van der Waals surface area contributed by atoms with Gasteiger partial charge in [0.2, 0.25) is 5.91 Å². The predicted molar refractivity (Wildman–Crippen MR) is 80.3 cm³/mol. The Bertz CT molecular complexity index is 470. The summed E-state index contributed by atoms with van der Waals surface area (Å²) in [7, 11) is 0. The van der Waals surface area contributed by atoms with Crippen molar-refractivity contribution in [2.75, 3.05) is 6.54 Å². The van der Waals surface area contributed by atoms with Gasteiger partial charge >= 0.3 is 0 Å². The molecule has 1 atom stereocenters. The van der Waals surface area contributed by atoms with Gasteiger partial charge in [-0.1, -0.05) is 38.5 Å². The van der Waals surface area contributed by atoms with Crippen LogP contribution in [0.1, 0.15) is 62.3 Å². The molecule has 2 rings (SSSR count). The smallest absolute Gasteiger partial charge is 0.222 e. The molecule has 1 aromatic carbocycles. The van der Waals surface area contributed by atoms with Gasteiger partial charge in [0, 0.05) is 19.5 Å². The lowest BCUT2D eigenvalue weighted by molar-refractivity contribution is -0.132. The average molecular weight is 275 g/mol. The number of unbranched alkanes of at least 4 members (excludes halogenated alkanes) is 1. The molecule has 0 saturated carbocycles. The van der Waals surface area contributed by atoms with Crippen molar-refractivity contribution >= 4 is 5.91 Å². The first-order chi connectivity index (χ1) is 9.65. The Hall–Kier alpha value is -1.35. The third-order valence-corrected chi connectivity index (χ3v) is 4.11. The molecule has 0 radical (unpaired) electrons. The van der Waals surface area contributed by atoms with Crippen molar-refractivity contribution in [3.63, 3.8) is 0 Å². The van der Waals surface area contributed by atoms with E-state index in [1.54, 1.807) is 0 Å². The van der Waals surface area contributed by atoms with E-state index in [1.165, 1.54) is 11.1 Å². The van der Waals surface area contributed by atoms with Gasteiger partial charge in [-0.3, -0.25) is 4.79 Å². The topological polar surface area (TPSA) is 40.5 Å². The summed E-state index contributed by atoms with van der Waals surface area (Å²) < 4.78 is 0. The van der Waals surface area contributed by atoms with Gasteiger partial charge in [-0.05, 0) is 36.0 Å². The molecule has 3 nitrogen and oxygen atoms in total. The second-order valence-corrected chi connectivity index (χ2v) is 5.62. The molecular weight excluding hydrogens is 250 g/mol. The second kappa shape index (κ2) is 6.89. The van der Waals surface area contributed by atoms with Crippen LogP contribution in [0.5, 0.6) is 0 Å². The Morgan fingerprint density at radius 3 is 2.85 bits per heavy atom. The minimum absolute atomic E-state index is 0.263. The van der Waals surface area contributed by atoms with Gasteiger partial charge in [-0.2, -0.15) is 0 Å². The highest BCUT2D eigenvalue weighted by atomic mass is 16.3. The van der Waals surface area contributed by atoms with Crippen LogP contribution in [0.15, 0.2) is 18.2 Å². The zero-order chi connectivity index (χ0) is 14.5. The van der Waals surface area contributed by atoms with Crippen molar-refractivity contribution in [1.82, 2.24) is 4.90 Å².